The van der Waals surface area contributed by atoms with Crippen molar-refractivity contribution in [2.75, 3.05) is 6.61 Å². The summed E-state index contributed by atoms with van der Waals surface area (Å²) in [6, 6.07) is -0.799. The maximum Gasteiger partial charge on any atom is 0.249 e. The number of rotatable bonds is 47. The number of unbranched alkanes of at least 4 members (excludes halogenated alkanes) is 35. The smallest absolute Gasteiger partial charge is 0.249 e. The Hall–Kier alpha value is -1.43. The summed E-state index contributed by atoms with van der Waals surface area (Å²) in [7, 11) is 0. The van der Waals surface area contributed by atoms with Crippen molar-refractivity contribution in [3.05, 3.63) is 36.5 Å². The van der Waals surface area contributed by atoms with Gasteiger partial charge in [0, 0.05) is 0 Å². The number of hydrogen-bond acceptors (Lipinski definition) is 4. The summed E-state index contributed by atoms with van der Waals surface area (Å²) in [6.45, 7) is 4.20. The third-order valence-electron chi connectivity index (χ3n) is 12.0. The van der Waals surface area contributed by atoms with Crippen LogP contribution in [0.4, 0.5) is 0 Å². The van der Waals surface area contributed by atoms with E-state index in [0.29, 0.717) is 6.42 Å². The van der Waals surface area contributed by atoms with Gasteiger partial charge in [-0.25, -0.2) is 0 Å². The number of aliphatic hydroxyl groups excluding tert-OH is 3. The van der Waals surface area contributed by atoms with Crippen LogP contribution in [0.1, 0.15) is 271 Å². The predicted octanol–water partition coefficient (Wildman–Crippen LogP) is 15.5. The molecule has 1 amide bonds. The van der Waals surface area contributed by atoms with E-state index in [0.717, 1.165) is 38.5 Å². The van der Waals surface area contributed by atoms with Gasteiger partial charge in [-0.3, -0.25) is 4.79 Å². The number of nitrogens with one attached hydrogen (secondary N) is 1. The van der Waals surface area contributed by atoms with Gasteiger partial charge in [-0.1, -0.05) is 256 Å². The third kappa shape index (κ3) is 42.7. The minimum atomic E-state index is -1.10. The van der Waals surface area contributed by atoms with Crippen LogP contribution in [0.25, 0.3) is 0 Å². The Morgan fingerprint density at radius 3 is 1.09 bits per heavy atom. The van der Waals surface area contributed by atoms with Crippen LogP contribution >= 0.6 is 0 Å². The van der Waals surface area contributed by atoms with Gasteiger partial charge in [0.15, 0.2) is 0 Å². The lowest BCUT2D eigenvalue weighted by atomic mass is 10.0. The van der Waals surface area contributed by atoms with Gasteiger partial charge in [-0.05, 0) is 51.4 Å². The molecule has 0 fully saturated rings. The van der Waals surface area contributed by atoms with Crippen molar-refractivity contribution in [3.8, 4) is 0 Å². The minimum absolute atomic E-state index is 0.364. The average Bonchev–Trinajstić information content (AvgIpc) is 3.23. The van der Waals surface area contributed by atoms with Gasteiger partial charge in [-0.15, -0.1) is 0 Å². The highest BCUT2D eigenvalue weighted by Crippen LogP contribution is 2.16. The molecule has 0 aliphatic heterocycles. The van der Waals surface area contributed by atoms with Crippen LogP contribution in [0.15, 0.2) is 36.5 Å². The van der Waals surface area contributed by atoms with Crippen molar-refractivity contribution in [1.82, 2.24) is 5.32 Å². The normalized spacial score (nSPS) is 13.7. The molecule has 3 unspecified atom stereocenters. The first-order valence-corrected chi connectivity index (χ1v) is 25.8. The molecule has 0 aromatic rings. The van der Waals surface area contributed by atoms with E-state index in [1.165, 1.54) is 212 Å². The highest BCUT2D eigenvalue weighted by atomic mass is 16.3. The van der Waals surface area contributed by atoms with E-state index >= 15 is 0 Å². The van der Waals surface area contributed by atoms with Crippen LogP contribution in [-0.2, 0) is 4.79 Å². The largest absolute Gasteiger partial charge is 0.394 e. The van der Waals surface area contributed by atoms with Crippen molar-refractivity contribution in [3.63, 3.8) is 0 Å². The molecule has 0 aromatic carbocycles. The molecule has 0 heterocycles. The SMILES string of the molecule is CCCCCCCCCCC/C=C\C/C=C\CCCCCCCCCCCCC(O)C(=O)NC(CO)C(O)/C=C/CCCCCCCCCCCCCCCCCC. The predicted molar refractivity (Wildman–Crippen MR) is 254 cm³/mol. The van der Waals surface area contributed by atoms with Gasteiger partial charge in [0.05, 0.1) is 18.8 Å². The Kier molecular flexibility index (Phi) is 47.0. The van der Waals surface area contributed by atoms with Gasteiger partial charge in [0.2, 0.25) is 5.91 Å². The molecule has 0 aliphatic carbocycles. The highest BCUT2D eigenvalue weighted by molar-refractivity contribution is 5.80. The molecule has 58 heavy (non-hydrogen) atoms. The zero-order chi connectivity index (χ0) is 42.3. The monoisotopic (exact) mass is 816 g/mol. The molecule has 0 saturated heterocycles. The van der Waals surface area contributed by atoms with E-state index in [4.69, 9.17) is 0 Å². The van der Waals surface area contributed by atoms with E-state index in [9.17, 15) is 20.1 Å². The van der Waals surface area contributed by atoms with Crippen LogP contribution in [0.3, 0.4) is 0 Å². The summed E-state index contributed by atoms with van der Waals surface area (Å²) in [4.78, 5) is 12.5. The molecule has 4 N–H and O–H groups in total. The minimum Gasteiger partial charge on any atom is -0.394 e. The number of aliphatic hydroxyl groups is 3. The summed E-state index contributed by atoms with van der Waals surface area (Å²) < 4.78 is 0. The van der Waals surface area contributed by atoms with Crippen molar-refractivity contribution in [2.24, 2.45) is 0 Å². The van der Waals surface area contributed by atoms with E-state index in [1.54, 1.807) is 6.08 Å². The molecular formula is C53H101NO4. The van der Waals surface area contributed by atoms with Gasteiger partial charge >= 0.3 is 0 Å². The summed E-state index contributed by atoms with van der Waals surface area (Å²) >= 11 is 0. The van der Waals surface area contributed by atoms with Gasteiger partial charge in [0.1, 0.15) is 6.10 Å². The fourth-order valence-electron chi connectivity index (χ4n) is 7.92. The Bertz CT molecular complexity index is 901. The van der Waals surface area contributed by atoms with Crippen LogP contribution in [0.5, 0.6) is 0 Å². The lowest BCUT2D eigenvalue weighted by Gasteiger charge is -2.21. The molecule has 0 radical (unpaired) electrons. The lowest BCUT2D eigenvalue weighted by molar-refractivity contribution is -0.131. The van der Waals surface area contributed by atoms with Gasteiger partial charge < -0.3 is 20.6 Å². The first kappa shape index (κ1) is 56.6. The molecule has 0 spiro atoms. The second kappa shape index (κ2) is 48.2. The summed E-state index contributed by atoms with van der Waals surface area (Å²) in [5, 5.41) is 33.3. The maximum absolute atomic E-state index is 12.5. The number of allylic oxidation sites excluding steroid dienone is 5. The highest BCUT2D eigenvalue weighted by Gasteiger charge is 2.22. The summed E-state index contributed by atoms with van der Waals surface area (Å²) in [5.41, 5.74) is 0. The maximum atomic E-state index is 12.5. The summed E-state index contributed by atoms with van der Waals surface area (Å²) in [6.07, 6.45) is 62.0. The Labute approximate surface area is 362 Å². The summed E-state index contributed by atoms with van der Waals surface area (Å²) in [5.74, 6) is -0.504. The van der Waals surface area contributed by atoms with Gasteiger partial charge in [-0.2, -0.15) is 0 Å². The van der Waals surface area contributed by atoms with E-state index in [-0.39, 0.29) is 6.61 Å². The molecule has 3 atom stereocenters. The van der Waals surface area contributed by atoms with E-state index in [1.807, 2.05) is 6.08 Å². The van der Waals surface area contributed by atoms with Crippen molar-refractivity contribution in [1.29, 1.82) is 0 Å². The third-order valence-corrected chi connectivity index (χ3v) is 12.0. The van der Waals surface area contributed by atoms with E-state index < -0.39 is 24.2 Å². The van der Waals surface area contributed by atoms with Gasteiger partial charge in [0.25, 0.3) is 0 Å². The molecule has 0 saturated carbocycles. The Morgan fingerprint density at radius 2 is 0.741 bits per heavy atom. The zero-order valence-corrected chi connectivity index (χ0v) is 38.9. The van der Waals surface area contributed by atoms with E-state index in [2.05, 4.69) is 43.5 Å². The zero-order valence-electron chi connectivity index (χ0n) is 38.9. The average molecular weight is 816 g/mol. The molecule has 5 nitrogen and oxygen atoms in total. The standard InChI is InChI=1S/C53H101NO4/c1-3-5-7-9-11-13-15-17-19-21-23-24-25-26-27-28-29-30-32-34-36-38-40-42-44-46-48-52(57)53(58)54-50(49-55)51(56)47-45-43-41-39-37-35-33-31-22-20-18-16-14-12-10-8-6-4-2/h23-24,26-27,45,47,50-52,55-57H,3-22,25,28-44,46,48-49H2,1-2H3,(H,54,58)/b24-23-,27-26-,47-45+. The fourth-order valence-corrected chi connectivity index (χ4v) is 7.92. The quantitative estimate of drug-likeness (QED) is 0.0364. The Morgan fingerprint density at radius 1 is 0.431 bits per heavy atom. The lowest BCUT2D eigenvalue weighted by Crippen LogP contribution is -2.48. The molecule has 0 rings (SSSR count). The van der Waals surface area contributed by atoms with Crippen molar-refractivity contribution < 1.29 is 20.1 Å². The fraction of sp³-hybridized carbons (Fsp3) is 0.868. The molecule has 342 valence electrons. The first-order chi connectivity index (χ1) is 28.6. The number of carbonyl (C=O) groups is 1. The molecule has 0 aromatic heterocycles. The van der Waals surface area contributed by atoms with Crippen LogP contribution < -0.4 is 5.32 Å². The number of hydrogen-bond donors (Lipinski definition) is 4. The number of amides is 1. The topological polar surface area (TPSA) is 89.8 Å². The second-order valence-corrected chi connectivity index (χ2v) is 17.7. The number of carbonyl (C=O) groups excluding carboxylic acids is 1. The molecular weight excluding hydrogens is 715 g/mol. The van der Waals surface area contributed by atoms with Crippen LogP contribution in [0.2, 0.25) is 0 Å². The van der Waals surface area contributed by atoms with Crippen molar-refractivity contribution in [2.45, 2.75) is 289 Å². The first-order valence-electron chi connectivity index (χ1n) is 25.8. The Balaban J connectivity index is 3.62. The van der Waals surface area contributed by atoms with Crippen LogP contribution in [-0.4, -0.2) is 46.1 Å². The molecule has 0 aliphatic rings. The second-order valence-electron chi connectivity index (χ2n) is 17.7. The van der Waals surface area contributed by atoms with Crippen LogP contribution in [0, 0.1) is 0 Å². The van der Waals surface area contributed by atoms with Crippen molar-refractivity contribution >= 4 is 5.91 Å². The molecule has 5 heteroatoms. The molecule has 0 bridgehead atoms.